The van der Waals surface area contributed by atoms with Crippen LogP contribution in [0.5, 0.6) is 5.75 Å². The molecule has 150 valence electrons. The van der Waals surface area contributed by atoms with Gasteiger partial charge in [0.1, 0.15) is 11.6 Å². The maximum Gasteiger partial charge on any atom is 0.224 e. The highest BCUT2D eigenvalue weighted by atomic mass is 16.5. The minimum Gasteiger partial charge on any atom is -0.497 e. The number of carbonyl (C=O) groups excluding carboxylic acids is 1. The molecule has 28 heavy (non-hydrogen) atoms. The Kier molecular flexibility index (Phi) is 7.06. The third kappa shape index (κ3) is 5.84. The smallest absolute Gasteiger partial charge is 0.224 e. The second-order valence-electron chi connectivity index (χ2n) is 7.01. The van der Waals surface area contributed by atoms with Gasteiger partial charge in [-0.2, -0.15) is 4.98 Å². The van der Waals surface area contributed by atoms with Crippen molar-refractivity contribution < 1.29 is 9.53 Å². The Balaban J connectivity index is 1.38. The molecule has 7 nitrogen and oxygen atoms in total. The lowest BCUT2D eigenvalue weighted by Gasteiger charge is -2.17. The number of hydrogen-bond donors (Lipinski definition) is 2. The zero-order valence-electron chi connectivity index (χ0n) is 16.7. The van der Waals surface area contributed by atoms with Gasteiger partial charge in [0.25, 0.3) is 0 Å². The van der Waals surface area contributed by atoms with E-state index < -0.39 is 0 Å². The molecular weight excluding hydrogens is 354 g/mol. The van der Waals surface area contributed by atoms with Gasteiger partial charge in [0.05, 0.1) is 7.11 Å². The van der Waals surface area contributed by atoms with Crippen LogP contribution in [-0.2, 0) is 11.2 Å². The zero-order valence-corrected chi connectivity index (χ0v) is 16.7. The lowest BCUT2D eigenvalue weighted by atomic mass is 10.1. The fourth-order valence-corrected chi connectivity index (χ4v) is 3.25. The summed E-state index contributed by atoms with van der Waals surface area (Å²) in [4.78, 5) is 23.4. The molecule has 2 heterocycles. The van der Waals surface area contributed by atoms with E-state index >= 15 is 0 Å². The molecule has 3 rings (SSSR count). The molecule has 1 amide bonds. The largest absolute Gasteiger partial charge is 0.497 e. The van der Waals surface area contributed by atoms with Crippen LogP contribution in [0.15, 0.2) is 30.3 Å². The summed E-state index contributed by atoms with van der Waals surface area (Å²) in [5.74, 6) is 2.47. The van der Waals surface area contributed by atoms with Crippen LogP contribution in [0.1, 0.15) is 30.5 Å². The highest BCUT2D eigenvalue weighted by Crippen LogP contribution is 2.19. The van der Waals surface area contributed by atoms with Gasteiger partial charge >= 0.3 is 0 Å². The van der Waals surface area contributed by atoms with Crippen molar-refractivity contribution in [2.24, 2.45) is 0 Å². The van der Waals surface area contributed by atoms with Crippen molar-refractivity contribution in [2.75, 3.05) is 43.5 Å². The molecule has 0 atom stereocenters. The van der Waals surface area contributed by atoms with Crippen LogP contribution in [0, 0.1) is 6.92 Å². The van der Waals surface area contributed by atoms with Crippen molar-refractivity contribution in [3.05, 3.63) is 41.6 Å². The van der Waals surface area contributed by atoms with Crippen molar-refractivity contribution in [1.29, 1.82) is 0 Å². The number of nitrogens with zero attached hydrogens (tertiary/aromatic N) is 3. The van der Waals surface area contributed by atoms with Gasteiger partial charge in [-0.05, 0) is 43.9 Å². The van der Waals surface area contributed by atoms with E-state index in [-0.39, 0.29) is 5.91 Å². The van der Waals surface area contributed by atoms with Crippen molar-refractivity contribution in [3.8, 4) is 5.75 Å². The maximum atomic E-state index is 12.0. The molecular formula is C21H29N5O2. The number of aromatic nitrogens is 2. The number of hydrogen-bond acceptors (Lipinski definition) is 6. The van der Waals surface area contributed by atoms with Crippen LogP contribution < -0.4 is 20.3 Å². The van der Waals surface area contributed by atoms with E-state index in [0.29, 0.717) is 31.9 Å². The highest BCUT2D eigenvalue weighted by Gasteiger charge is 2.15. The van der Waals surface area contributed by atoms with E-state index in [2.05, 4.69) is 25.5 Å². The predicted octanol–water partition coefficient (Wildman–Crippen LogP) is 2.55. The minimum absolute atomic E-state index is 0.0422. The molecule has 0 aliphatic carbocycles. The molecule has 1 aromatic carbocycles. The Morgan fingerprint density at radius 2 is 1.89 bits per heavy atom. The van der Waals surface area contributed by atoms with E-state index in [1.165, 1.54) is 12.8 Å². The Morgan fingerprint density at radius 3 is 2.61 bits per heavy atom. The second kappa shape index (κ2) is 9.92. The minimum atomic E-state index is 0.0422. The number of carbonyl (C=O) groups is 1. The first-order chi connectivity index (χ1) is 13.6. The third-order valence-electron chi connectivity index (χ3n) is 4.80. The molecule has 1 aliphatic rings. The molecule has 0 saturated carbocycles. The van der Waals surface area contributed by atoms with Gasteiger partial charge in [0.15, 0.2) is 0 Å². The number of anilines is 2. The summed E-state index contributed by atoms with van der Waals surface area (Å²) in [7, 11) is 1.64. The molecule has 1 fully saturated rings. The molecule has 0 unspecified atom stereocenters. The van der Waals surface area contributed by atoms with E-state index in [1.807, 2.05) is 37.3 Å². The molecule has 2 aromatic rings. The summed E-state index contributed by atoms with van der Waals surface area (Å²) in [5, 5.41) is 6.15. The number of aryl methyl sites for hydroxylation is 2. The zero-order chi connectivity index (χ0) is 19.8. The average Bonchev–Trinajstić information content (AvgIpc) is 3.25. The third-order valence-corrected chi connectivity index (χ3v) is 4.80. The predicted molar refractivity (Wildman–Crippen MR) is 111 cm³/mol. The van der Waals surface area contributed by atoms with Gasteiger partial charge in [-0.3, -0.25) is 4.79 Å². The number of ether oxygens (including phenoxy) is 1. The lowest BCUT2D eigenvalue weighted by Crippen LogP contribution is -2.29. The number of benzene rings is 1. The summed E-state index contributed by atoms with van der Waals surface area (Å²) in [6, 6.07) is 9.82. The summed E-state index contributed by atoms with van der Waals surface area (Å²) in [6.07, 6.45) is 3.61. The van der Waals surface area contributed by atoms with Gasteiger partial charge in [-0.1, -0.05) is 12.1 Å². The molecule has 2 N–H and O–H groups in total. The Labute approximate surface area is 166 Å². The standard InChI is InChI=1S/C21H29N5O2/c1-16-15-19(26-13-3-4-14-26)25-21(24-16)23-12-11-22-20(27)10-7-17-5-8-18(28-2)9-6-17/h5-6,8-9,15H,3-4,7,10-14H2,1-2H3,(H,22,27)(H,23,24,25). The average molecular weight is 383 g/mol. The van der Waals surface area contributed by atoms with Crippen molar-refractivity contribution in [2.45, 2.75) is 32.6 Å². The molecule has 1 aromatic heterocycles. The van der Waals surface area contributed by atoms with Gasteiger partial charge in [-0.25, -0.2) is 4.98 Å². The van der Waals surface area contributed by atoms with Gasteiger partial charge < -0.3 is 20.3 Å². The Bertz CT molecular complexity index is 773. The van der Waals surface area contributed by atoms with E-state index in [4.69, 9.17) is 4.74 Å². The first-order valence-corrected chi connectivity index (χ1v) is 9.88. The van der Waals surface area contributed by atoms with Crippen LogP contribution in [0.4, 0.5) is 11.8 Å². The van der Waals surface area contributed by atoms with Crippen LogP contribution in [-0.4, -0.2) is 49.2 Å². The maximum absolute atomic E-state index is 12.0. The number of methoxy groups -OCH3 is 1. The Morgan fingerprint density at radius 1 is 1.14 bits per heavy atom. The van der Waals surface area contributed by atoms with Gasteiger partial charge in [0.2, 0.25) is 11.9 Å². The second-order valence-corrected chi connectivity index (χ2v) is 7.01. The number of rotatable bonds is 9. The van der Waals surface area contributed by atoms with Crippen molar-refractivity contribution in [3.63, 3.8) is 0 Å². The van der Waals surface area contributed by atoms with E-state index in [0.717, 1.165) is 35.9 Å². The summed E-state index contributed by atoms with van der Waals surface area (Å²) in [5.41, 5.74) is 2.07. The topological polar surface area (TPSA) is 79.4 Å². The lowest BCUT2D eigenvalue weighted by molar-refractivity contribution is -0.120. The monoisotopic (exact) mass is 383 g/mol. The summed E-state index contributed by atoms with van der Waals surface area (Å²) < 4.78 is 5.14. The summed E-state index contributed by atoms with van der Waals surface area (Å²) >= 11 is 0. The normalized spacial score (nSPS) is 13.4. The van der Waals surface area contributed by atoms with Crippen LogP contribution in [0.3, 0.4) is 0 Å². The fraction of sp³-hybridized carbons (Fsp3) is 0.476. The highest BCUT2D eigenvalue weighted by molar-refractivity contribution is 5.76. The fourth-order valence-electron chi connectivity index (χ4n) is 3.25. The van der Waals surface area contributed by atoms with Crippen molar-refractivity contribution in [1.82, 2.24) is 15.3 Å². The quantitative estimate of drug-likeness (QED) is 0.648. The molecule has 1 saturated heterocycles. The molecule has 0 spiro atoms. The Hall–Kier alpha value is -2.83. The van der Waals surface area contributed by atoms with Gasteiger partial charge in [-0.15, -0.1) is 0 Å². The molecule has 0 bridgehead atoms. The number of amides is 1. The first-order valence-electron chi connectivity index (χ1n) is 9.88. The molecule has 1 aliphatic heterocycles. The summed E-state index contributed by atoms with van der Waals surface area (Å²) in [6.45, 7) is 5.22. The van der Waals surface area contributed by atoms with E-state index in [1.54, 1.807) is 7.11 Å². The van der Waals surface area contributed by atoms with Gasteiger partial charge in [0, 0.05) is 44.4 Å². The van der Waals surface area contributed by atoms with Crippen LogP contribution in [0.2, 0.25) is 0 Å². The van der Waals surface area contributed by atoms with Crippen molar-refractivity contribution >= 4 is 17.7 Å². The van der Waals surface area contributed by atoms with E-state index in [9.17, 15) is 4.79 Å². The van der Waals surface area contributed by atoms with Crippen LogP contribution in [0.25, 0.3) is 0 Å². The molecule has 7 heteroatoms. The van der Waals surface area contributed by atoms with Crippen LogP contribution >= 0.6 is 0 Å². The SMILES string of the molecule is COc1ccc(CCC(=O)NCCNc2nc(C)cc(N3CCCC3)n2)cc1. The number of nitrogens with one attached hydrogen (secondary N) is 2. The molecule has 0 radical (unpaired) electrons. The first kappa shape index (κ1) is 19.9.